The third-order valence-corrected chi connectivity index (χ3v) is 6.85. The fraction of sp³-hybridized carbons (Fsp3) is 0.450. The smallest absolute Gasteiger partial charge is 0.231 e. The van der Waals surface area contributed by atoms with Crippen molar-refractivity contribution >= 4 is 51.3 Å². The monoisotopic (exact) mass is 537 g/mol. The van der Waals surface area contributed by atoms with Gasteiger partial charge in [-0.1, -0.05) is 32.5 Å². The molecule has 0 spiro atoms. The Morgan fingerprint density at radius 2 is 2.00 bits per heavy atom. The van der Waals surface area contributed by atoms with E-state index in [1.807, 2.05) is 12.1 Å². The summed E-state index contributed by atoms with van der Waals surface area (Å²) in [4.78, 5) is 14.4. The van der Waals surface area contributed by atoms with E-state index >= 15 is 0 Å². The molecule has 1 aliphatic rings. The molecule has 3 aromatic rings. The third kappa shape index (κ3) is 4.75. The Kier molecular flexibility index (Phi) is 6.26. The summed E-state index contributed by atoms with van der Waals surface area (Å²) in [5, 5.41) is 4.36. The van der Waals surface area contributed by atoms with Crippen LogP contribution in [0.5, 0.6) is 11.5 Å². The van der Waals surface area contributed by atoms with Gasteiger partial charge in [0.25, 0.3) is 0 Å². The van der Waals surface area contributed by atoms with Crippen molar-refractivity contribution in [1.29, 1.82) is 0 Å². The van der Waals surface area contributed by atoms with Gasteiger partial charge in [0.15, 0.2) is 33.6 Å². The number of fused-ring (bicyclic) bond motifs is 2. The van der Waals surface area contributed by atoms with Crippen LogP contribution in [0, 0.1) is 8.99 Å². The molecular weight excluding hydrogens is 512 g/mol. The second kappa shape index (κ2) is 8.75. The van der Waals surface area contributed by atoms with Crippen LogP contribution in [0.25, 0.3) is 11.2 Å². The maximum absolute atomic E-state index is 6.07. The number of ether oxygens (including phenoxy) is 2. The average Bonchev–Trinajstić information content (AvgIpc) is 3.26. The lowest BCUT2D eigenvalue weighted by atomic mass is 9.97. The number of halogens is 1. The van der Waals surface area contributed by atoms with Crippen molar-refractivity contribution < 1.29 is 9.47 Å². The van der Waals surface area contributed by atoms with Gasteiger partial charge < -0.3 is 25.1 Å². The first kappa shape index (κ1) is 21.4. The van der Waals surface area contributed by atoms with Crippen molar-refractivity contribution in [3.8, 4) is 11.5 Å². The molecule has 0 fully saturated rings. The molecule has 0 saturated carbocycles. The maximum Gasteiger partial charge on any atom is 0.231 e. The summed E-state index contributed by atoms with van der Waals surface area (Å²) in [5.74, 6) is 1.93. The summed E-state index contributed by atoms with van der Waals surface area (Å²) in [7, 11) is 0. The van der Waals surface area contributed by atoms with Gasteiger partial charge in [0.05, 0.1) is 0 Å². The Labute approximate surface area is 193 Å². The summed E-state index contributed by atoms with van der Waals surface area (Å²) < 4.78 is 14.2. The number of aromatic nitrogens is 4. The quantitative estimate of drug-likeness (QED) is 0.346. The van der Waals surface area contributed by atoms with E-state index in [-0.39, 0.29) is 12.2 Å². The summed E-state index contributed by atoms with van der Waals surface area (Å²) in [6.07, 6.45) is 2.45. The minimum absolute atomic E-state index is 0.256. The molecule has 3 N–H and O–H groups in total. The molecule has 30 heavy (non-hydrogen) atoms. The number of imidazole rings is 1. The Morgan fingerprint density at radius 1 is 1.23 bits per heavy atom. The Bertz CT molecular complexity index is 1070. The van der Waals surface area contributed by atoms with Gasteiger partial charge >= 0.3 is 0 Å². The first-order valence-corrected chi connectivity index (χ1v) is 11.7. The lowest BCUT2D eigenvalue weighted by Crippen LogP contribution is -2.28. The zero-order chi connectivity index (χ0) is 21.3. The van der Waals surface area contributed by atoms with Crippen LogP contribution < -0.4 is 20.5 Å². The number of benzene rings is 1. The fourth-order valence-corrected chi connectivity index (χ4v) is 4.83. The molecule has 160 valence electrons. The molecule has 0 radical (unpaired) electrons. The number of nitrogens with zero attached hydrogens (tertiary/aromatic N) is 4. The molecule has 0 aliphatic carbocycles. The predicted octanol–water partition coefficient (Wildman–Crippen LogP) is 3.92. The normalized spacial score (nSPS) is 13.3. The zero-order valence-corrected chi connectivity index (χ0v) is 20.2. The summed E-state index contributed by atoms with van der Waals surface area (Å²) in [6, 6.07) is 3.99. The van der Waals surface area contributed by atoms with Crippen molar-refractivity contribution in [3.63, 3.8) is 0 Å². The number of nitrogens with one attached hydrogen (secondary N) is 1. The number of nitrogen functional groups attached to an aromatic ring is 1. The van der Waals surface area contributed by atoms with Crippen LogP contribution in [0.2, 0.25) is 0 Å². The van der Waals surface area contributed by atoms with Crippen LogP contribution in [0.15, 0.2) is 28.5 Å². The van der Waals surface area contributed by atoms with E-state index < -0.39 is 0 Å². The number of rotatable bonds is 7. The van der Waals surface area contributed by atoms with Crippen molar-refractivity contribution in [3.05, 3.63) is 22.0 Å². The molecule has 0 atom stereocenters. The van der Waals surface area contributed by atoms with Gasteiger partial charge in [-0.25, -0.2) is 15.0 Å². The topological polar surface area (TPSA) is 100 Å². The molecular formula is C20H25IN6O2S. The third-order valence-electron chi connectivity index (χ3n) is 4.54. The van der Waals surface area contributed by atoms with Crippen molar-refractivity contribution in [2.24, 2.45) is 5.41 Å². The van der Waals surface area contributed by atoms with E-state index in [0.29, 0.717) is 11.3 Å². The number of nitrogens with two attached hydrogens (primary N) is 1. The Hall–Kier alpha value is -1.79. The highest BCUT2D eigenvalue weighted by atomic mass is 124. The summed E-state index contributed by atoms with van der Waals surface area (Å²) >= 11 is 3.88. The van der Waals surface area contributed by atoms with Gasteiger partial charge in [-0.15, -0.1) is 0 Å². The molecule has 1 aromatic carbocycles. The molecule has 0 unspecified atom stereocenters. The number of hydrogen-bond donors (Lipinski definition) is 2. The molecule has 0 saturated heterocycles. The van der Waals surface area contributed by atoms with Gasteiger partial charge in [0.2, 0.25) is 6.79 Å². The molecule has 3 heterocycles. The highest BCUT2D eigenvalue weighted by Gasteiger charge is 2.20. The zero-order valence-electron chi connectivity index (χ0n) is 17.2. The molecule has 2 aromatic heterocycles. The van der Waals surface area contributed by atoms with E-state index in [1.54, 1.807) is 11.8 Å². The highest BCUT2D eigenvalue weighted by Crippen LogP contribution is 2.41. The van der Waals surface area contributed by atoms with E-state index in [1.165, 1.54) is 6.33 Å². The van der Waals surface area contributed by atoms with Crippen LogP contribution in [-0.4, -0.2) is 39.4 Å². The largest absolute Gasteiger partial charge is 0.454 e. The van der Waals surface area contributed by atoms with Crippen LogP contribution in [0.4, 0.5) is 5.82 Å². The number of hydrogen-bond acceptors (Lipinski definition) is 8. The lowest BCUT2D eigenvalue weighted by molar-refractivity contribution is 0.174. The van der Waals surface area contributed by atoms with Crippen molar-refractivity contribution in [2.75, 3.05) is 25.6 Å². The van der Waals surface area contributed by atoms with Crippen LogP contribution in [-0.2, 0) is 6.54 Å². The molecule has 10 heteroatoms. The van der Waals surface area contributed by atoms with Crippen molar-refractivity contribution in [1.82, 2.24) is 24.8 Å². The minimum Gasteiger partial charge on any atom is -0.454 e. The first-order chi connectivity index (χ1) is 14.3. The number of anilines is 1. The van der Waals surface area contributed by atoms with Gasteiger partial charge in [-0.3, -0.25) is 0 Å². The van der Waals surface area contributed by atoms with E-state index in [0.717, 1.165) is 56.8 Å². The SMILES string of the molecule is CC(C)(C)CNCCCn1c(Sc2cc3c(cc2[124I])OCO3)nc2c(N)ncnc21. The molecule has 1 aliphatic heterocycles. The predicted molar refractivity (Wildman–Crippen MR) is 126 cm³/mol. The van der Waals surface area contributed by atoms with E-state index in [2.05, 4.69) is 63.2 Å². The highest BCUT2D eigenvalue weighted by molar-refractivity contribution is 14.1. The number of aryl methyl sites for hydroxylation is 1. The molecule has 0 amide bonds. The Morgan fingerprint density at radius 3 is 2.77 bits per heavy atom. The van der Waals surface area contributed by atoms with Gasteiger partial charge in [-0.05, 0) is 59.6 Å². The van der Waals surface area contributed by atoms with Gasteiger partial charge in [0, 0.05) is 15.0 Å². The minimum atomic E-state index is 0.256. The molecule has 0 bridgehead atoms. The average molecular weight is 537 g/mol. The Balaban J connectivity index is 1.58. The fourth-order valence-electron chi connectivity index (χ4n) is 3.11. The maximum atomic E-state index is 6.07. The second-order valence-corrected chi connectivity index (χ2v) is 10.5. The van der Waals surface area contributed by atoms with Gasteiger partial charge in [-0.2, -0.15) is 0 Å². The summed E-state index contributed by atoms with van der Waals surface area (Å²) in [5.41, 5.74) is 7.74. The van der Waals surface area contributed by atoms with Crippen molar-refractivity contribution in [2.45, 2.75) is 43.8 Å². The van der Waals surface area contributed by atoms with E-state index in [4.69, 9.17) is 20.2 Å². The van der Waals surface area contributed by atoms with Crippen LogP contribution in [0.1, 0.15) is 27.2 Å². The first-order valence-electron chi connectivity index (χ1n) is 9.76. The van der Waals surface area contributed by atoms with Crippen LogP contribution in [0.3, 0.4) is 0 Å². The lowest BCUT2D eigenvalue weighted by Gasteiger charge is -2.18. The van der Waals surface area contributed by atoms with Crippen LogP contribution >= 0.6 is 34.4 Å². The molecule has 4 rings (SSSR count). The van der Waals surface area contributed by atoms with Gasteiger partial charge in [0.1, 0.15) is 6.33 Å². The molecule has 8 nitrogen and oxygen atoms in total. The van der Waals surface area contributed by atoms with E-state index in [9.17, 15) is 0 Å². The standard InChI is InChI=1S/C20H25IN6O2S/c1-20(2,3)9-23-5-4-6-27-18-16(17(22)24-10-25-18)26-19(27)30-15-8-14-13(7-12(15)21)28-11-29-14/h7-8,10,23H,4-6,9,11H2,1-3H3,(H2,22,24,25)/i21-3. The summed E-state index contributed by atoms with van der Waals surface area (Å²) in [6.45, 7) is 9.62. The second-order valence-electron chi connectivity index (χ2n) is 8.31.